The first-order valence-electron chi connectivity index (χ1n) is 4.12. The van der Waals surface area contributed by atoms with Crippen LogP contribution in [0, 0.1) is 18.3 Å². The maximum atomic E-state index is 2.43. The second-order valence-corrected chi connectivity index (χ2v) is 3.45. The van der Waals surface area contributed by atoms with Crippen LogP contribution in [0.4, 0.5) is 0 Å². The summed E-state index contributed by atoms with van der Waals surface area (Å²) in [5.74, 6) is 1.94. The van der Waals surface area contributed by atoms with E-state index in [-0.39, 0.29) is 40.8 Å². The third-order valence-electron chi connectivity index (χ3n) is 2.43. The van der Waals surface area contributed by atoms with E-state index < -0.39 is 0 Å². The van der Waals surface area contributed by atoms with E-state index in [2.05, 4.69) is 20.3 Å². The molecule has 1 aliphatic carbocycles. The van der Waals surface area contributed by atoms with Crippen molar-refractivity contribution in [2.24, 2.45) is 11.8 Å². The zero-order valence-corrected chi connectivity index (χ0v) is 12.7. The molecule has 1 saturated carbocycles. The Labute approximate surface area is 98.2 Å². The summed E-state index contributed by atoms with van der Waals surface area (Å²) in [4.78, 5) is 0. The van der Waals surface area contributed by atoms with E-state index in [4.69, 9.17) is 0 Å². The quantitative estimate of drug-likeness (QED) is 0.489. The minimum absolute atomic E-state index is 0. The second-order valence-electron chi connectivity index (χ2n) is 3.45. The van der Waals surface area contributed by atoms with Crippen molar-refractivity contribution in [2.45, 2.75) is 39.5 Å². The van der Waals surface area contributed by atoms with Crippen molar-refractivity contribution in [3.63, 3.8) is 0 Å². The van der Waals surface area contributed by atoms with Crippen molar-refractivity contribution in [3.05, 3.63) is 6.42 Å². The van der Waals surface area contributed by atoms with Gasteiger partial charge in [-0.3, -0.25) is 0 Å². The van der Waals surface area contributed by atoms with Crippen LogP contribution in [0.5, 0.6) is 0 Å². The molecule has 68 valence electrons. The molecule has 11 heavy (non-hydrogen) atoms. The predicted molar refractivity (Wildman–Crippen MR) is 41.1 cm³/mol. The first kappa shape index (κ1) is 14.8. The fraction of sp³-hybridized carbons (Fsp3) is 0.889. The Bertz CT molecular complexity index is 75.6. The molecule has 1 rings (SSSR count). The smallest absolute Gasteiger partial charge is 0 e. The summed E-state index contributed by atoms with van der Waals surface area (Å²) in [5.41, 5.74) is 0. The zero-order valence-electron chi connectivity index (χ0n) is 7.32. The van der Waals surface area contributed by atoms with Gasteiger partial charge in [0.15, 0.2) is 0 Å². The van der Waals surface area contributed by atoms with Crippen molar-refractivity contribution >= 4 is 0 Å². The van der Waals surface area contributed by atoms with Gasteiger partial charge in [0.05, 0.1) is 0 Å². The molecule has 1 aliphatic rings. The maximum Gasteiger partial charge on any atom is 0 e. The summed E-state index contributed by atoms with van der Waals surface area (Å²) in [7, 11) is 0. The molecule has 0 bridgehead atoms. The minimum Gasteiger partial charge on any atom is -0.328 e. The zero-order chi connectivity index (χ0) is 6.69. The molecule has 0 nitrogen and oxygen atoms in total. The van der Waals surface area contributed by atoms with E-state index >= 15 is 0 Å². The van der Waals surface area contributed by atoms with Crippen LogP contribution in [0.1, 0.15) is 39.5 Å². The molecule has 2 radical (unpaired) electrons. The van der Waals surface area contributed by atoms with E-state index in [0.717, 1.165) is 11.8 Å². The monoisotopic (exact) mass is 499 g/mol. The average molecular weight is 498 g/mol. The van der Waals surface area contributed by atoms with Crippen molar-refractivity contribution in [3.8, 4) is 0 Å². The SMILES string of the molecule is CC(C)C1CC[CH-]CC1.[Re].[Re]. The molecule has 0 atom stereocenters. The topological polar surface area (TPSA) is 0 Å². The van der Waals surface area contributed by atoms with Crippen LogP contribution in [0.25, 0.3) is 0 Å². The van der Waals surface area contributed by atoms with Gasteiger partial charge in [-0.15, -0.1) is 0 Å². The summed E-state index contributed by atoms with van der Waals surface area (Å²) in [6, 6.07) is 0. The summed E-state index contributed by atoms with van der Waals surface area (Å²) in [5, 5.41) is 0. The Kier molecular flexibility index (Phi) is 10.7. The first-order chi connectivity index (χ1) is 4.30. The van der Waals surface area contributed by atoms with Gasteiger partial charge in [-0.2, -0.15) is 12.8 Å². The van der Waals surface area contributed by atoms with Crippen LogP contribution >= 0.6 is 0 Å². The van der Waals surface area contributed by atoms with Gasteiger partial charge < -0.3 is 6.42 Å². The molecule has 0 aliphatic heterocycles. The molecule has 0 spiro atoms. The summed E-state index contributed by atoms with van der Waals surface area (Å²) in [6.07, 6.45) is 8.04. The third-order valence-corrected chi connectivity index (χ3v) is 2.43. The van der Waals surface area contributed by atoms with Crippen LogP contribution in [0.3, 0.4) is 0 Å². The molecular formula is C9H17Re2-. The fourth-order valence-corrected chi connectivity index (χ4v) is 1.62. The molecule has 0 aromatic carbocycles. The maximum absolute atomic E-state index is 2.43. The van der Waals surface area contributed by atoms with Crippen LogP contribution in [-0.2, 0) is 40.8 Å². The fourth-order valence-electron chi connectivity index (χ4n) is 1.62. The Morgan fingerprint density at radius 2 is 1.55 bits per heavy atom. The molecule has 0 N–H and O–H groups in total. The van der Waals surface area contributed by atoms with Gasteiger partial charge in [-0.25, -0.2) is 0 Å². The molecule has 1 fully saturated rings. The molecule has 0 heterocycles. The van der Waals surface area contributed by atoms with E-state index in [1.54, 1.807) is 0 Å². The minimum atomic E-state index is 0. The first-order valence-corrected chi connectivity index (χ1v) is 4.12. The Balaban J connectivity index is 0. The van der Waals surface area contributed by atoms with Gasteiger partial charge in [0.1, 0.15) is 0 Å². The van der Waals surface area contributed by atoms with Gasteiger partial charge in [0.25, 0.3) is 0 Å². The molecule has 0 saturated heterocycles. The molecule has 2 heteroatoms. The van der Waals surface area contributed by atoms with Crippen molar-refractivity contribution in [1.82, 2.24) is 0 Å². The number of hydrogen-bond acceptors (Lipinski definition) is 0. The van der Waals surface area contributed by atoms with Crippen LogP contribution in [0.15, 0.2) is 0 Å². The molecule has 0 aromatic rings. The van der Waals surface area contributed by atoms with Crippen molar-refractivity contribution < 1.29 is 40.8 Å². The van der Waals surface area contributed by atoms with Crippen LogP contribution in [-0.4, -0.2) is 0 Å². The van der Waals surface area contributed by atoms with E-state index in [9.17, 15) is 0 Å². The van der Waals surface area contributed by atoms with Gasteiger partial charge in [-0.1, -0.05) is 26.7 Å². The molecule has 0 aromatic heterocycles. The molecule has 0 unspecified atom stereocenters. The average Bonchev–Trinajstić information content (AvgIpc) is 1.90. The number of hydrogen-bond donors (Lipinski definition) is 0. The Hall–Kier alpha value is 1.32. The van der Waals surface area contributed by atoms with Gasteiger partial charge in [0, 0.05) is 40.8 Å². The molecular weight excluding hydrogens is 481 g/mol. The Morgan fingerprint density at radius 3 is 1.82 bits per heavy atom. The third kappa shape index (κ3) is 5.55. The Morgan fingerprint density at radius 1 is 1.09 bits per heavy atom. The number of rotatable bonds is 1. The summed E-state index contributed by atoms with van der Waals surface area (Å²) >= 11 is 0. The van der Waals surface area contributed by atoms with Gasteiger partial charge in [-0.05, 0) is 11.8 Å². The second kappa shape index (κ2) is 7.95. The van der Waals surface area contributed by atoms with Crippen LogP contribution < -0.4 is 0 Å². The normalized spacial score (nSPS) is 18.8. The predicted octanol–water partition coefficient (Wildman–Crippen LogP) is 3.03. The van der Waals surface area contributed by atoms with Crippen LogP contribution in [0.2, 0.25) is 0 Å². The standard InChI is InChI=1S/C9H17.2Re/c1-8(2)9-6-4-3-5-7-9;;/h3,8-9H,4-7H2,1-2H3;;/q-1;;. The van der Waals surface area contributed by atoms with E-state index in [1.165, 1.54) is 25.7 Å². The summed E-state index contributed by atoms with van der Waals surface area (Å²) in [6.45, 7) is 4.69. The van der Waals surface area contributed by atoms with E-state index in [1.807, 2.05) is 0 Å². The van der Waals surface area contributed by atoms with Crippen molar-refractivity contribution in [1.29, 1.82) is 0 Å². The largest absolute Gasteiger partial charge is 0.328 e. The van der Waals surface area contributed by atoms with Gasteiger partial charge >= 0.3 is 0 Å². The molecule has 0 amide bonds. The van der Waals surface area contributed by atoms with Crippen molar-refractivity contribution in [2.75, 3.05) is 0 Å². The van der Waals surface area contributed by atoms with Gasteiger partial charge in [0.2, 0.25) is 0 Å². The van der Waals surface area contributed by atoms with E-state index in [0.29, 0.717) is 0 Å². The summed E-state index contributed by atoms with van der Waals surface area (Å²) < 4.78 is 0.